The second-order valence-electron chi connectivity index (χ2n) is 7.73. The maximum absolute atomic E-state index is 12.1. The van der Waals surface area contributed by atoms with Crippen LogP contribution in [0.15, 0.2) is 29.3 Å². The molecule has 0 spiro atoms. The SMILES string of the molecule is CCNC(=NCC1(c2ccccc2OC)CC1)NC(C)c1nc(C)c(C(=O)OCC)s1. The quantitative estimate of drug-likeness (QED) is 0.346. The summed E-state index contributed by atoms with van der Waals surface area (Å²) in [6.45, 7) is 9.49. The molecule has 1 atom stereocenters. The van der Waals surface area contributed by atoms with E-state index in [4.69, 9.17) is 14.5 Å². The fourth-order valence-electron chi connectivity index (χ4n) is 3.55. The van der Waals surface area contributed by atoms with Gasteiger partial charge in [0.25, 0.3) is 0 Å². The largest absolute Gasteiger partial charge is 0.496 e. The fourth-order valence-corrected chi connectivity index (χ4v) is 4.52. The lowest BCUT2D eigenvalue weighted by molar-refractivity contribution is 0.0531. The van der Waals surface area contributed by atoms with Gasteiger partial charge in [-0.05, 0) is 46.6 Å². The summed E-state index contributed by atoms with van der Waals surface area (Å²) < 4.78 is 10.7. The number of rotatable bonds is 9. The predicted octanol–water partition coefficient (Wildman–Crippen LogP) is 3.98. The summed E-state index contributed by atoms with van der Waals surface area (Å²) in [5.41, 5.74) is 1.95. The maximum atomic E-state index is 12.1. The zero-order valence-corrected chi connectivity index (χ0v) is 19.8. The van der Waals surface area contributed by atoms with E-state index in [-0.39, 0.29) is 17.4 Å². The van der Waals surface area contributed by atoms with Crippen LogP contribution in [-0.4, -0.2) is 43.7 Å². The summed E-state index contributed by atoms with van der Waals surface area (Å²) in [7, 11) is 1.71. The van der Waals surface area contributed by atoms with Crippen LogP contribution in [0.2, 0.25) is 0 Å². The zero-order valence-electron chi connectivity index (χ0n) is 18.9. The monoisotopic (exact) mass is 444 g/mol. The molecule has 0 amide bonds. The summed E-state index contributed by atoms with van der Waals surface area (Å²) in [6.07, 6.45) is 2.20. The standard InChI is InChI=1S/C23H32N4O3S/c1-6-24-22(25-14-23(12-13-23)17-10-8-9-11-18(17)29-5)27-16(4)20-26-15(3)19(31-20)21(28)30-7-2/h8-11,16H,6-7,12-14H2,1-5H3,(H2,24,25,27). The number of carbonyl (C=O) groups is 1. The van der Waals surface area contributed by atoms with E-state index >= 15 is 0 Å². The molecule has 2 N–H and O–H groups in total. The minimum atomic E-state index is -0.316. The highest BCUT2D eigenvalue weighted by Gasteiger charge is 2.46. The van der Waals surface area contributed by atoms with E-state index in [1.807, 2.05) is 32.9 Å². The van der Waals surface area contributed by atoms with Crippen LogP contribution >= 0.6 is 11.3 Å². The topological polar surface area (TPSA) is 84.8 Å². The number of hydrogen-bond acceptors (Lipinski definition) is 6. The van der Waals surface area contributed by atoms with Crippen LogP contribution in [0.5, 0.6) is 5.75 Å². The maximum Gasteiger partial charge on any atom is 0.350 e. The van der Waals surface area contributed by atoms with Gasteiger partial charge in [-0.25, -0.2) is 9.78 Å². The van der Waals surface area contributed by atoms with Crippen molar-refractivity contribution in [3.8, 4) is 5.75 Å². The van der Waals surface area contributed by atoms with Crippen molar-refractivity contribution in [3.63, 3.8) is 0 Å². The minimum absolute atomic E-state index is 0.0348. The molecule has 2 aromatic rings. The highest BCUT2D eigenvalue weighted by molar-refractivity contribution is 7.13. The molecule has 7 nitrogen and oxygen atoms in total. The summed E-state index contributed by atoms with van der Waals surface area (Å²) in [5, 5.41) is 7.58. The van der Waals surface area contributed by atoms with Crippen LogP contribution in [0.4, 0.5) is 0 Å². The molecule has 1 unspecified atom stereocenters. The third kappa shape index (κ3) is 5.36. The Morgan fingerprint density at radius 1 is 1.32 bits per heavy atom. The number of guanidine groups is 1. The predicted molar refractivity (Wildman–Crippen MR) is 124 cm³/mol. The smallest absolute Gasteiger partial charge is 0.350 e. The van der Waals surface area contributed by atoms with Gasteiger partial charge in [-0.2, -0.15) is 0 Å². The van der Waals surface area contributed by atoms with Crippen molar-refractivity contribution >= 4 is 23.3 Å². The molecular weight excluding hydrogens is 412 g/mol. The Morgan fingerprint density at radius 2 is 2.06 bits per heavy atom. The van der Waals surface area contributed by atoms with Gasteiger partial charge in [0, 0.05) is 17.5 Å². The van der Waals surface area contributed by atoms with Crippen LogP contribution in [0, 0.1) is 6.92 Å². The molecule has 1 fully saturated rings. The highest BCUT2D eigenvalue weighted by Crippen LogP contribution is 2.51. The van der Waals surface area contributed by atoms with Crippen LogP contribution in [0.25, 0.3) is 0 Å². The van der Waals surface area contributed by atoms with Gasteiger partial charge in [0.1, 0.15) is 15.6 Å². The molecule has 31 heavy (non-hydrogen) atoms. The molecule has 1 aliphatic rings. The zero-order chi connectivity index (χ0) is 22.4. The molecule has 1 heterocycles. The van der Waals surface area contributed by atoms with E-state index in [0.29, 0.717) is 23.7 Å². The number of para-hydroxylation sites is 1. The number of methoxy groups -OCH3 is 1. The highest BCUT2D eigenvalue weighted by atomic mass is 32.1. The van der Waals surface area contributed by atoms with E-state index in [9.17, 15) is 4.79 Å². The van der Waals surface area contributed by atoms with Crippen molar-refractivity contribution in [2.75, 3.05) is 26.8 Å². The molecule has 3 rings (SSSR count). The normalized spacial score (nSPS) is 15.8. The molecule has 0 radical (unpaired) electrons. The number of benzene rings is 1. The van der Waals surface area contributed by atoms with E-state index < -0.39 is 0 Å². The number of thiazole rings is 1. The number of carbonyl (C=O) groups excluding carboxylic acids is 1. The Balaban J connectivity index is 1.73. The van der Waals surface area contributed by atoms with Gasteiger partial charge in [0.2, 0.25) is 0 Å². The number of hydrogen-bond donors (Lipinski definition) is 2. The second-order valence-corrected chi connectivity index (χ2v) is 8.76. The van der Waals surface area contributed by atoms with E-state index in [1.54, 1.807) is 14.0 Å². The van der Waals surface area contributed by atoms with Gasteiger partial charge in [0.05, 0.1) is 32.0 Å². The number of aryl methyl sites for hydroxylation is 1. The van der Waals surface area contributed by atoms with Gasteiger partial charge in [-0.1, -0.05) is 18.2 Å². The lowest BCUT2D eigenvalue weighted by Crippen LogP contribution is -2.39. The van der Waals surface area contributed by atoms with Crippen LogP contribution < -0.4 is 15.4 Å². The van der Waals surface area contributed by atoms with Gasteiger partial charge in [-0.15, -0.1) is 11.3 Å². The molecule has 0 bridgehead atoms. The summed E-state index contributed by atoms with van der Waals surface area (Å²) in [5.74, 6) is 1.34. The van der Waals surface area contributed by atoms with Gasteiger partial charge >= 0.3 is 5.97 Å². The third-order valence-corrected chi connectivity index (χ3v) is 6.73. The molecule has 0 saturated heterocycles. The molecule has 1 aromatic carbocycles. The molecule has 1 aliphatic carbocycles. The molecule has 8 heteroatoms. The van der Waals surface area contributed by atoms with E-state index in [1.165, 1.54) is 16.9 Å². The Labute approximate surface area is 188 Å². The third-order valence-electron chi connectivity index (χ3n) is 5.41. The summed E-state index contributed by atoms with van der Waals surface area (Å²) in [4.78, 5) is 22.1. The van der Waals surface area contributed by atoms with Crippen molar-refractivity contribution in [1.29, 1.82) is 0 Å². The molecule has 1 saturated carbocycles. The number of ether oxygens (including phenoxy) is 2. The van der Waals surface area contributed by atoms with Crippen molar-refractivity contribution in [3.05, 3.63) is 45.4 Å². The number of aromatic nitrogens is 1. The average Bonchev–Trinajstić information content (AvgIpc) is 3.46. The molecular formula is C23H32N4O3S. The minimum Gasteiger partial charge on any atom is -0.496 e. The van der Waals surface area contributed by atoms with E-state index in [2.05, 4.69) is 27.8 Å². The van der Waals surface area contributed by atoms with Gasteiger partial charge < -0.3 is 20.1 Å². The van der Waals surface area contributed by atoms with Crippen molar-refractivity contribution in [2.45, 2.75) is 52.0 Å². The van der Waals surface area contributed by atoms with Crippen molar-refractivity contribution < 1.29 is 14.3 Å². The first-order valence-electron chi connectivity index (χ1n) is 10.8. The molecule has 0 aliphatic heterocycles. The molecule has 1 aromatic heterocycles. The van der Waals surface area contributed by atoms with E-state index in [0.717, 1.165) is 36.1 Å². The first kappa shape index (κ1) is 23.1. The Bertz CT molecular complexity index is 937. The van der Waals surface area contributed by atoms with Crippen LogP contribution in [-0.2, 0) is 10.2 Å². The number of nitrogens with one attached hydrogen (secondary N) is 2. The lowest BCUT2D eigenvalue weighted by atomic mass is 9.95. The number of nitrogens with zero attached hydrogens (tertiary/aromatic N) is 2. The first-order chi connectivity index (χ1) is 14.9. The first-order valence-corrected chi connectivity index (χ1v) is 11.6. The Hall–Kier alpha value is -2.61. The number of esters is 1. The van der Waals surface area contributed by atoms with Crippen LogP contribution in [0.3, 0.4) is 0 Å². The van der Waals surface area contributed by atoms with Gasteiger partial charge in [0.15, 0.2) is 5.96 Å². The Kier molecular flexibility index (Phi) is 7.54. The summed E-state index contributed by atoms with van der Waals surface area (Å²) in [6, 6.07) is 8.11. The number of aliphatic imine (C=N–C) groups is 1. The fraction of sp³-hybridized carbons (Fsp3) is 0.522. The van der Waals surface area contributed by atoms with Crippen LogP contribution in [0.1, 0.15) is 65.6 Å². The Morgan fingerprint density at radius 3 is 2.71 bits per heavy atom. The van der Waals surface area contributed by atoms with Crippen molar-refractivity contribution in [1.82, 2.24) is 15.6 Å². The average molecular weight is 445 g/mol. The molecule has 168 valence electrons. The second kappa shape index (κ2) is 10.1. The summed E-state index contributed by atoms with van der Waals surface area (Å²) >= 11 is 1.37. The lowest BCUT2D eigenvalue weighted by Gasteiger charge is -2.19. The van der Waals surface area contributed by atoms with Gasteiger partial charge in [-0.3, -0.25) is 4.99 Å². The van der Waals surface area contributed by atoms with Crippen molar-refractivity contribution in [2.24, 2.45) is 4.99 Å².